The fourth-order valence-corrected chi connectivity index (χ4v) is 0.878. The molecule has 0 aromatic heterocycles. The van der Waals surface area contributed by atoms with Crippen LogP contribution < -0.4 is 5.48 Å². The number of unbranched alkanes of at least 4 members (excludes halogenated alkanes) is 1. The molecule has 0 aliphatic heterocycles. The smallest absolute Gasteiger partial charge is 0.261 e. The first kappa shape index (κ1) is 10.7. The highest BCUT2D eigenvalue weighted by Crippen LogP contribution is 2.06. The van der Waals surface area contributed by atoms with Crippen molar-refractivity contribution in [2.45, 2.75) is 31.6 Å². The average Bonchev–Trinajstić information content (AvgIpc) is 2.00. The largest absolute Gasteiger partial charge is 0.277 e. The van der Waals surface area contributed by atoms with Crippen LogP contribution in [0.25, 0.3) is 0 Å². The lowest BCUT2D eigenvalue weighted by atomic mass is 10.2. The quantitative estimate of drug-likeness (QED) is 0.513. The van der Waals surface area contributed by atoms with Gasteiger partial charge in [0.1, 0.15) is 5.38 Å². The van der Waals surface area contributed by atoms with Crippen LogP contribution in [-0.4, -0.2) is 18.4 Å². The summed E-state index contributed by atoms with van der Waals surface area (Å²) in [6.45, 7) is 2.05. The van der Waals surface area contributed by atoms with Crippen LogP contribution >= 0.6 is 11.6 Å². The van der Waals surface area contributed by atoms with Gasteiger partial charge in [0.25, 0.3) is 5.91 Å². The van der Waals surface area contributed by atoms with Gasteiger partial charge in [0, 0.05) is 0 Å². The van der Waals surface area contributed by atoms with Crippen LogP contribution in [0.1, 0.15) is 26.2 Å². The molecule has 1 amide bonds. The molecule has 0 aliphatic rings. The van der Waals surface area contributed by atoms with E-state index in [0.29, 0.717) is 6.42 Å². The standard InChI is InChI=1S/C7H14ClNO2/c1-3-4-5-6(8)7(10)9-11-2/h6H,3-5H2,1-2H3,(H,9,10). The summed E-state index contributed by atoms with van der Waals surface area (Å²) < 4.78 is 0. The van der Waals surface area contributed by atoms with Gasteiger partial charge in [0.15, 0.2) is 0 Å². The van der Waals surface area contributed by atoms with Crippen LogP contribution in [0.15, 0.2) is 0 Å². The summed E-state index contributed by atoms with van der Waals surface area (Å²) >= 11 is 5.70. The summed E-state index contributed by atoms with van der Waals surface area (Å²) in [5.74, 6) is -0.261. The molecule has 0 spiro atoms. The maximum absolute atomic E-state index is 10.9. The Morgan fingerprint density at radius 3 is 2.82 bits per heavy atom. The Balaban J connectivity index is 3.46. The number of rotatable bonds is 5. The minimum Gasteiger partial charge on any atom is -0.277 e. The number of carbonyl (C=O) groups is 1. The lowest BCUT2D eigenvalue weighted by Gasteiger charge is -2.06. The zero-order valence-corrected chi connectivity index (χ0v) is 7.65. The topological polar surface area (TPSA) is 38.3 Å². The molecule has 0 aromatic carbocycles. The second-order valence-electron chi connectivity index (χ2n) is 2.28. The van der Waals surface area contributed by atoms with Crippen molar-refractivity contribution in [2.75, 3.05) is 7.11 Å². The average molecular weight is 180 g/mol. The molecule has 0 radical (unpaired) electrons. The number of carbonyl (C=O) groups excluding carboxylic acids is 1. The number of nitrogens with one attached hydrogen (secondary N) is 1. The molecule has 66 valence electrons. The molecule has 4 heteroatoms. The van der Waals surface area contributed by atoms with Crippen LogP contribution in [0, 0.1) is 0 Å². The van der Waals surface area contributed by atoms with Crippen LogP contribution in [-0.2, 0) is 9.63 Å². The third kappa shape index (κ3) is 5.04. The second-order valence-corrected chi connectivity index (χ2v) is 2.81. The third-order valence-electron chi connectivity index (χ3n) is 1.30. The maximum atomic E-state index is 10.9. The van der Waals surface area contributed by atoms with Gasteiger partial charge in [-0.3, -0.25) is 9.63 Å². The molecule has 0 aromatic rings. The van der Waals surface area contributed by atoms with Crippen molar-refractivity contribution in [1.29, 1.82) is 0 Å². The van der Waals surface area contributed by atoms with E-state index in [1.807, 2.05) is 0 Å². The second kappa shape index (κ2) is 6.43. The van der Waals surface area contributed by atoms with Crippen molar-refractivity contribution >= 4 is 17.5 Å². The summed E-state index contributed by atoms with van der Waals surface area (Å²) in [6.07, 6.45) is 2.71. The fraction of sp³-hybridized carbons (Fsp3) is 0.857. The molecule has 0 bridgehead atoms. The molecular formula is C7H14ClNO2. The fourth-order valence-electron chi connectivity index (χ4n) is 0.679. The zero-order chi connectivity index (χ0) is 8.69. The first-order valence-electron chi connectivity index (χ1n) is 3.69. The van der Waals surface area contributed by atoms with Gasteiger partial charge in [-0.25, -0.2) is 5.48 Å². The minimum atomic E-state index is -0.463. The van der Waals surface area contributed by atoms with Gasteiger partial charge in [-0.1, -0.05) is 19.8 Å². The molecule has 1 N–H and O–H groups in total. The molecule has 0 rings (SSSR count). The van der Waals surface area contributed by atoms with Gasteiger partial charge in [-0.05, 0) is 6.42 Å². The number of amides is 1. The Morgan fingerprint density at radius 2 is 2.36 bits per heavy atom. The van der Waals surface area contributed by atoms with E-state index in [4.69, 9.17) is 11.6 Å². The first-order valence-corrected chi connectivity index (χ1v) is 4.13. The van der Waals surface area contributed by atoms with E-state index in [0.717, 1.165) is 12.8 Å². The van der Waals surface area contributed by atoms with E-state index in [1.54, 1.807) is 0 Å². The highest BCUT2D eigenvalue weighted by atomic mass is 35.5. The number of halogens is 1. The van der Waals surface area contributed by atoms with Gasteiger partial charge in [-0.15, -0.1) is 11.6 Å². The van der Waals surface area contributed by atoms with Crippen LogP contribution in [0.3, 0.4) is 0 Å². The lowest BCUT2D eigenvalue weighted by molar-refractivity contribution is -0.131. The predicted octanol–water partition coefficient (Wildman–Crippen LogP) is 1.46. The molecule has 0 fully saturated rings. The monoisotopic (exact) mass is 179 g/mol. The Morgan fingerprint density at radius 1 is 1.73 bits per heavy atom. The molecule has 0 saturated carbocycles. The number of hydroxylamine groups is 1. The van der Waals surface area contributed by atoms with E-state index >= 15 is 0 Å². The highest BCUT2D eigenvalue weighted by molar-refractivity contribution is 6.30. The molecule has 1 unspecified atom stereocenters. The molecular weight excluding hydrogens is 166 g/mol. The Bertz CT molecular complexity index is 119. The van der Waals surface area contributed by atoms with Crippen molar-refractivity contribution in [1.82, 2.24) is 5.48 Å². The highest BCUT2D eigenvalue weighted by Gasteiger charge is 2.13. The van der Waals surface area contributed by atoms with E-state index in [1.165, 1.54) is 7.11 Å². The first-order chi connectivity index (χ1) is 5.22. The Hall–Kier alpha value is -0.280. The Labute approximate surface area is 72.0 Å². The van der Waals surface area contributed by atoms with Gasteiger partial charge in [0.05, 0.1) is 7.11 Å². The summed E-state index contributed by atoms with van der Waals surface area (Å²) in [7, 11) is 1.39. The van der Waals surface area contributed by atoms with Crippen molar-refractivity contribution in [3.05, 3.63) is 0 Å². The number of hydrogen-bond acceptors (Lipinski definition) is 2. The SMILES string of the molecule is CCCCC(Cl)C(=O)NOC. The molecule has 11 heavy (non-hydrogen) atoms. The molecule has 0 heterocycles. The molecule has 1 atom stereocenters. The van der Waals surface area contributed by atoms with Crippen LogP contribution in [0.2, 0.25) is 0 Å². The molecule has 0 saturated heterocycles. The van der Waals surface area contributed by atoms with Gasteiger partial charge >= 0.3 is 0 Å². The van der Waals surface area contributed by atoms with E-state index in [-0.39, 0.29) is 5.91 Å². The van der Waals surface area contributed by atoms with Gasteiger partial charge < -0.3 is 0 Å². The maximum Gasteiger partial charge on any atom is 0.261 e. The van der Waals surface area contributed by atoms with Crippen LogP contribution in [0.5, 0.6) is 0 Å². The Kier molecular flexibility index (Phi) is 6.27. The molecule has 0 aliphatic carbocycles. The minimum absolute atomic E-state index is 0.261. The zero-order valence-electron chi connectivity index (χ0n) is 6.89. The van der Waals surface area contributed by atoms with Crippen molar-refractivity contribution in [3.8, 4) is 0 Å². The van der Waals surface area contributed by atoms with E-state index in [9.17, 15) is 4.79 Å². The lowest BCUT2D eigenvalue weighted by Crippen LogP contribution is -2.30. The summed E-state index contributed by atoms with van der Waals surface area (Å²) in [5.41, 5.74) is 2.18. The summed E-state index contributed by atoms with van der Waals surface area (Å²) in [4.78, 5) is 15.3. The number of alkyl halides is 1. The van der Waals surface area contributed by atoms with E-state index in [2.05, 4.69) is 17.2 Å². The van der Waals surface area contributed by atoms with Crippen LogP contribution in [0.4, 0.5) is 0 Å². The van der Waals surface area contributed by atoms with Gasteiger partial charge in [0.2, 0.25) is 0 Å². The van der Waals surface area contributed by atoms with Crippen molar-refractivity contribution in [2.24, 2.45) is 0 Å². The van der Waals surface area contributed by atoms with Crippen molar-refractivity contribution in [3.63, 3.8) is 0 Å². The predicted molar refractivity (Wildman–Crippen MR) is 44.3 cm³/mol. The summed E-state index contributed by atoms with van der Waals surface area (Å²) in [6, 6.07) is 0. The normalized spacial score (nSPS) is 12.6. The third-order valence-corrected chi connectivity index (χ3v) is 1.71. The number of hydrogen-bond donors (Lipinski definition) is 1. The van der Waals surface area contributed by atoms with E-state index < -0.39 is 5.38 Å². The molecule has 3 nitrogen and oxygen atoms in total. The van der Waals surface area contributed by atoms with Gasteiger partial charge in [-0.2, -0.15) is 0 Å². The summed E-state index contributed by atoms with van der Waals surface area (Å²) in [5, 5.41) is -0.463. The van der Waals surface area contributed by atoms with Crippen molar-refractivity contribution < 1.29 is 9.63 Å².